The molecule has 0 bridgehead atoms. The molecule has 0 aliphatic carbocycles. The number of alkyl halides is 2. The van der Waals surface area contributed by atoms with Gasteiger partial charge in [-0.3, -0.25) is 0 Å². The first-order valence-electron chi connectivity index (χ1n) is 3.04. The smallest absolute Gasteiger partial charge is 0.0879 e. The predicted molar refractivity (Wildman–Crippen MR) is 55.1 cm³/mol. The van der Waals surface area contributed by atoms with E-state index in [0.29, 0.717) is 0 Å². The van der Waals surface area contributed by atoms with Gasteiger partial charge in [0.2, 0.25) is 0 Å². The Morgan fingerprint density at radius 3 is 2.36 bits per heavy atom. The second-order valence-corrected chi connectivity index (χ2v) is 4.89. The highest BCUT2D eigenvalue weighted by Crippen LogP contribution is 2.35. The van der Waals surface area contributed by atoms with Crippen LogP contribution >= 0.6 is 34.2 Å². The summed E-state index contributed by atoms with van der Waals surface area (Å²) in [5, 5.41) is 0. The Kier molecular flexibility index (Phi) is 2.80. The van der Waals surface area contributed by atoms with E-state index in [1.165, 1.54) is 0 Å². The summed E-state index contributed by atoms with van der Waals surface area (Å²) in [6, 6.07) is 9.45. The summed E-state index contributed by atoms with van der Waals surface area (Å²) in [6.07, 6.45) is 6.95. The van der Waals surface area contributed by atoms with E-state index in [4.69, 9.17) is 18.0 Å². The molecule has 0 saturated carbocycles. The molecule has 55 valence electrons. The zero-order valence-electron chi connectivity index (χ0n) is 5.64. The van der Waals surface area contributed by atoms with E-state index >= 15 is 0 Å². The standard InChI is InChI=1S/C9H5ClI/c1-2-9(10,11)8-6-4-3-5-7-8/h3-7H. The molecular formula is C9H5ClI. The van der Waals surface area contributed by atoms with Gasteiger partial charge >= 0.3 is 0 Å². The van der Waals surface area contributed by atoms with E-state index in [-0.39, 0.29) is 0 Å². The second-order valence-electron chi connectivity index (χ2n) is 2.07. The third-order valence-corrected chi connectivity index (χ3v) is 2.50. The molecule has 0 N–H and O–H groups in total. The molecule has 0 fully saturated rings. The topological polar surface area (TPSA) is 0 Å². The SMILES string of the molecule is [C]#CC(Cl)(I)c1ccccc1. The molecule has 1 aromatic carbocycles. The van der Waals surface area contributed by atoms with Gasteiger partial charge in [0, 0.05) is 0 Å². The second kappa shape index (κ2) is 3.46. The summed E-state index contributed by atoms with van der Waals surface area (Å²) in [5.74, 6) is 2.26. The van der Waals surface area contributed by atoms with Crippen molar-refractivity contribution in [3.63, 3.8) is 0 Å². The van der Waals surface area contributed by atoms with Gasteiger partial charge in [-0.2, -0.15) is 0 Å². The Morgan fingerprint density at radius 2 is 1.91 bits per heavy atom. The van der Waals surface area contributed by atoms with Crippen LogP contribution in [0.2, 0.25) is 0 Å². The lowest BCUT2D eigenvalue weighted by Crippen LogP contribution is -2.04. The van der Waals surface area contributed by atoms with E-state index < -0.39 is 2.88 Å². The summed E-state index contributed by atoms with van der Waals surface area (Å²) >= 11 is 7.91. The average molecular weight is 275 g/mol. The third kappa shape index (κ3) is 2.11. The van der Waals surface area contributed by atoms with E-state index in [2.05, 4.69) is 5.92 Å². The summed E-state index contributed by atoms with van der Waals surface area (Å²) in [6.45, 7) is 0. The van der Waals surface area contributed by atoms with Crippen molar-refractivity contribution in [3.05, 3.63) is 42.3 Å². The van der Waals surface area contributed by atoms with Gasteiger partial charge in [0.15, 0.2) is 2.88 Å². The van der Waals surface area contributed by atoms with Crippen molar-refractivity contribution in [1.82, 2.24) is 0 Å². The fraction of sp³-hybridized carbons (Fsp3) is 0.111. The molecule has 1 atom stereocenters. The van der Waals surface area contributed by atoms with Crippen LogP contribution in [0.4, 0.5) is 0 Å². The Balaban J connectivity index is 3.05. The highest BCUT2D eigenvalue weighted by atomic mass is 127. The molecule has 1 radical (unpaired) electrons. The number of halogens is 2. The first kappa shape index (κ1) is 8.89. The number of hydrogen-bond donors (Lipinski definition) is 0. The van der Waals surface area contributed by atoms with Crippen molar-refractivity contribution in [2.45, 2.75) is 2.88 Å². The Labute approximate surface area is 85.1 Å². The normalized spacial score (nSPS) is 15.0. The van der Waals surface area contributed by atoms with Crippen molar-refractivity contribution < 1.29 is 0 Å². The molecule has 2 heteroatoms. The van der Waals surface area contributed by atoms with E-state index in [0.717, 1.165) is 5.56 Å². The van der Waals surface area contributed by atoms with Crippen LogP contribution in [0.15, 0.2) is 30.3 Å². The summed E-state index contributed by atoms with van der Waals surface area (Å²) < 4.78 is -0.807. The minimum Gasteiger partial charge on any atom is -0.0879 e. The summed E-state index contributed by atoms with van der Waals surface area (Å²) in [4.78, 5) is 0. The third-order valence-electron chi connectivity index (χ3n) is 1.29. The van der Waals surface area contributed by atoms with Gasteiger partial charge < -0.3 is 0 Å². The quantitative estimate of drug-likeness (QED) is 0.420. The molecule has 0 nitrogen and oxygen atoms in total. The maximum Gasteiger partial charge on any atom is 0.181 e. The Hall–Kier alpha value is -0.200. The molecule has 1 rings (SSSR count). The van der Waals surface area contributed by atoms with E-state index in [1.807, 2.05) is 52.9 Å². The molecule has 0 aromatic heterocycles. The lowest BCUT2D eigenvalue weighted by Gasteiger charge is -2.11. The molecule has 0 amide bonds. The minimum atomic E-state index is -0.807. The van der Waals surface area contributed by atoms with Gasteiger partial charge in [0.1, 0.15) is 0 Å². The van der Waals surface area contributed by atoms with Gasteiger partial charge in [-0.25, -0.2) is 0 Å². The number of rotatable bonds is 1. The lowest BCUT2D eigenvalue weighted by molar-refractivity contribution is 1.22. The molecule has 0 heterocycles. The maximum absolute atomic E-state index is 6.95. The molecule has 1 aromatic rings. The van der Waals surface area contributed by atoms with Crippen LogP contribution < -0.4 is 0 Å². The van der Waals surface area contributed by atoms with Crippen molar-refractivity contribution >= 4 is 34.2 Å². The zero-order valence-corrected chi connectivity index (χ0v) is 8.56. The van der Waals surface area contributed by atoms with Crippen molar-refractivity contribution in [2.75, 3.05) is 0 Å². The van der Waals surface area contributed by atoms with Gasteiger partial charge in [0.25, 0.3) is 0 Å². The summed E-state index contributed by atoms with van der Waals surface area (Å²) in [5.41, 5.74) is 0.886. The Bertz CT molecular complexity index is 271. The first-order valence-corrected chi connectivity index (χ1v) is 4.50. The molecule has 0 spiro atoms. The summed E-state index contributed by atoms with van der Waals surface area (Å²) in [7, 11) is 0. The van der Waals surface area contributed by atoms with Crippen LogP contribution in [-0.4, -0.2) is 0 Å². The van der Waals surface area contributed by atoms with E-state index in [9.17, 15) is 0 Å². The fourth-order valence-electron chi connectivity index (χ4n) is 0.720. The molecule has 0 aliphatic heterocycles. The van der Waals surface area contributed by atoms with Crippen molar-refractivity contribution in [1.29, 1.82) is 0 Å². The lowest BCUT2D eigenvalue weighted by atomic mass is 10.2. The first-order chi connectivity index (χ1) is 5.17. The van der Waals surface area contributed by atoms with Crippen LogP contribution in [0.1, 0.15) is 5.56 Å². The largest absolute Gasteiger partial charge is 0.181 e. The molecule has 11 heavy (non-hydrogen) atoms. The number of benzene rings is 1. The highest BCUT2D eigenvalue weighted by Gasteiger charge is 2.21. The van der Waals surface area contributed by atoms with Crippen LogP contribution in [0.25, 0.3) is 0 Å². The van der Waals surface area contributed by atoms with Crippen LogP contribution in [-0.2, 0) is 2.88 Å². The Morgan fingerprint density at radius 1 is 1.36 bits per heavy atom. The molecule has 1 unspecified atom stereocenters. The number of hydrogen-bond acceptors (Lipinski definition) is 0. The molecule has 0 saturated heterocycles. The maximum atomic E-state index is 6.95. The van der Waals surface area contributed by atoms with Crippen LogP contribution in [0.5, 0.6) is 0 Å². The molecule has 0 aliphatic rings. The monoisotopic (exact) mass is 275 g/mol. The van der Waals surface area contributed by atoms with Gasteiger partial charge in [-0.15, -0.1) is 0 Å². The predicted octanol–water partition coefficient (Wildman–Crippen LogP) is 3.10. The zero-order chi connectivity index (χ0) is 8.32. The minimum absolute atomic E-state index is 0.807. The van der Waals surface area contributed by atoms with Crippen molar-refractivity contribution in [3.8, 4) is 5.92 Å². The van der Waals surface area contributed by atoms with Crippen molar-refractivity contribution in [2.24, 2.45) is 0 Å². The van der Waals surface area contributed by atoms with Gasteiger partial charge in [-0.1, -0.05) is 47.9 Å². The van der Waals surface area contributed by atoms with Crippen LogP contribution in [0.3, 0.4) is 0 Å². The van der Waals surface area contributed by atoms with Gasteiger partial charge in [-0.05, 0) is 34.6 Å². The fourth-order valence-corrected chi connectivity index (χ4v) is 1.21. The van der Waals surface area contributed by atoms with Crippen LogP contribution in [0, 0.1) is 12.3 Å². The molecular weight excluding hydrogens is 270 g/mol. The van der Waals surface area contributed by atoms with Gasteiger partial charge in [0.05, 0.1) is 0 Å². The van der Waals surface area contributed by atoms with E-state index in [1.54, 1.807) is 0 Å². The highest BCUT2D eigenvalue weighted by molar-refractivity contribution is 14.1. The average Bonchev–Trinajstić information content (AvgIpc) is 2.06.